The second-order valence-electron chi connectivity index (χ2n) is 6.80. The summed E-state index contributed by atoms with van der Waals surface area (Å²) in [6.07, 6.45) is 7.48. The van der Waals surface area contributed by atoms with E-state index in [0.717, 1.165) is 19.3 Å². The van der Waals surface area contributed by atoms with Crippen LogP contribution < -0.4 is 5.43 Å². The van der Waals surface area contributed by atoms with Crippen molar-refractivity contribution < 1.29 is 19.1 Å². The van der Waals surface area contributed by atoms with Crippen LogP contribution in [0.5, 0.6) is 0 Å². The Balaban J connectivity index is 5.16. The quantitative estimate of drug-likeness (QED) is 0.424. The van der Waals surface area contributed by atoms with Crippen LogP contribution in [0, 0.1) is 5.92 Å². The van der Waals surface area contributed by atoms with E-state index in [0.29, 0.717) is 12.3 Å². The van der Waals surface area contributed by atoms with Crippen LogP contribution in [0.2, 0.25) is 0 Å². The number of nitrogens with one attached hydrogen (secondary N) is 1. The van der Waals surface area contributed by atoms with Crippen molar-refractivity contribution in [1.29, 1.82) is 0 Å². The summed E-state index contributed by atoms with van der Waals surface area (Å²) in [5.74, 6) is 0.455. The van der Waals surface area contributed by atoms with Gasteiger partial charge in [0.1, 0.15) is 0 Å². The molecular weight excluding hydrogens is 332 g/mol. The van der Waals surface area contributed by atoms with Crippen molar-refractivity contribution in [1.82, 2.24) is 10.4 Å². The molecule has 1 N–H and O–H groups in total. The van der Waals surface area contributed by atoms with Crippen molar-refractivity contribution in [3.63, 3.8) is 0 Å². The van der Waals surface area contributed by atoms with E-state index in [4.69, 9.17) is 9.47 Å². The number of allylic oxidation sites excluding steroid dienone is 2. The minimum atomic E-state index is -0.673. The van der Waals surface area contributed by atoms with Crippen molar-refractivity contribution in [2.75, 3.05) is 0 Å². The molecule has 0 aliphatic rings. The van der Waals surface area contributed by atoms with E-state index in [1.54, 1.807) is 27.7 Å². The van der Waals surface area contributed by atoms with Crippen molar-refractivity contribution in [2.45, 2.75) is 85.5 Å². The maximum absolute atomic E-state index is 12.5. The Hall–Kier alpha value is -1.98. The average Bonchev–Trinajstić information content (AvgIpc) is 2.54. The van der Waals surface area contributed by atoms with Gasteiger partial charge in [0.2, 0.25) is 0 Å². The molecule has 0 heterocycles. The zero-order chi connectivity index (χ0) is 20.1. The van der Waals surface area contributed by atoms with Crippen LogP contribution in [0.15, 0.2) is 24.8 Å². The van der Waals surface area contributed by atoms with E-state index in [2.05, 4.69) is 18.9 Å². The Labute approximate surface area is 158 Å². The van der Waals surface area contributed by atoms with Gasteiger partial charge in [0.15, 0.2) is 0 Å². The van der Waals surface area contributed by atoms with Gasteiger partial charge >= 0.3 is 12.2 Å². The van der Waals surface area contributed by atoms with Crippen molar-refractivity contribution in [3.05, 3.63) is 24.8 Å². The first-order chi connectivity index (χ1) is 12.2. The fourth-order valence-corrected chi connectivity index (χ4v) is 2.47. The average molecular weight is 369 g/mol. The van der Waals surface area contributed by atoms with Gasteiger partial charge in [-0.15, -0.1) is 6.58 Å². The third kappa shape index (κ3) is 10.1. The van der Waals surface area contributed by atoms with Gasteiger partial charge in [-0.1, -0.05) is 31.6 Å². The Morgan fingerprint density at radius 2 is 1.73 bits per heavy atom. The molecule has 0 radical (unpaired) electrons. The largest absolute Gasteiger partial charge is 0.446 e. The van der Waals surface area contributed by atoms with E-state index >= 15 is 0 Å². The first-order valence-corrected chi connectivity index (χ1v) is 9.47. The summed E-state index contributed by atoms with van der Waals surface area (Å²) >= 11 is 0. The summed E-state index contributed by atoms with van der Waals surface area (Å²) < 4.78 is 10.4. The van der Waals surface area contributed by atoms with Gasteiger partial charge in [-0.3, -0.25) is 0 Å². The van der Waals surface area contributed by atoms with Crippen molar-refractivity contribution in [2.24, 2.45) is 5.92 Å². The highest BCUT2D eigenvalue weighted by atomic mass is 16.6. The number of amides is 2. The Kier molecular flexibility index (Phi) is 12.2. The lowest BCUT2D eigenvalue weighted by atomic mass is 9.97. The third-order valence-electron chi connectivity index (χ3n) is 3.77. The van der Waals surface area contributed by atoms with Crippen molar-refractivity contribution in [3.8, 4) is 0 Å². The lowest BCUT2D eigenvalue weighted by molar-refractivity contribution is 0.0365. The Bertz CT molecular complexity index is 461. The summed E-state index contributed by atoms with van der Waals surface area (Å²) in [6, 6.07) is -0.312. The first-order valence-electron chi connectivity index (χ1n) is 9.47. The molecule has 6 nitrogen and oxygen atoms in total. The summed E-state index contributed by atoms with van der Waals surface area (Å²) in [4.78, 5) is 24.5. The first kappa shape index (κ1) is 24.0. The zero-order valence-electron chi connectivity index (χ0n) is 17.2. The standard InChI is InChI=1S/C20H36N2O4/c1-8-12-18(14-11-13-17(9-2)10-3)22(20(24)26-16(6)7)21-19(23)25-15(4)5/h8-9,12,15-18H,2,10-11,13-14H2,1,3-7H3,(H,21,23)/t17-,18?/m1/s1. The molecule has 0 aromatic rings. The number of hydrogen-bond donors (Lipinski definition) is 1. The molecule has 2 amide bonds. The summed E-state index contributed by atoms with van der Waals surface area (Å²) in [5.41, 5.74) is 2.53. The number of carbonyl (C=O) groups is 2. The van der Waals surface area contributed by atoms with Gasteiger partial charge in [0.25, 0.3) is 0 Å². The molecule has 0 spiro atoms. The maximum atomic E-state index is 12.5. The molecule has 0 aliphatic carbocycles. The SMILES string of the molecule is C=C[C@H](CC)CCCC(C=CC)N(NC(=O)OC(C)C)C(=O)OC(C)C. The lowest BCUT2D eigenvalue weighted by Crippen LogP contribution is -2.52. The molecule has 0 aliphatic heterocycles. The second-order valence-corrected chi connectivity index (χ2v) is 6.80. The Morgan fingerprint density at radius 1 is 1.12 bits per heavy atom. The zero-order valence-corrected chi connectivity index (χ0v) is 17.2. The number of nitrogens with zero attached hydrogens (tertiary/aromatic N) is 1. The fraction of sp³-hybridized carbons (Fsp3) is 0.700. The van der Waals surface area contributed by atoms with Crippen LogP contribution in [0.1, 0.15) is 67.2 Å². The second kappa shape index (κ2) is 13.3. The van der Waals surface area contributed by atoms with Crippen LogP contribution in [0.25, 0.3) is 0 Å². The van der Waals surface area contributed by atoms with Crippen LogP contribution >= 0.6 is 0 Å². The lowest BCUT2D eigenvalue weighted by Gasteiger charge is -2.30. The molecule has 0 fully saturated rings. The fourth-order valence-electron chi connectivity index (χ4n) is 2.47. The highest BCUT2D eigenvalue weighted by Crippen LogP contribution is 2.17. The van der Waals surface area contributed by atoms with E-state index < -0.39 is 12.2 Å². The molecule has 0 saturated heterocycles. The molecule has 0 aromatic carbocycles. The number of hydrogen-bond acceptors (Lipinski definition) is 4. The maximum Gasteiger partial charge on any atom is 0.429 e. The van der Waals surface area contributed by atoms with Gasteiger partial charge in [-0.2, -0.15) is 0 Å². The predicted molar refractivity (Wildman–Crippen MR) is 105 cm³/mol. The normalized spacial score (nSPS) is 13.5. The smallest absolute Gasteiger partial charge is 0.429 e. The molecule has 2 atom stereocenters. The van der Waals surface area contributed by atoms with Crippen LogP contribution in [0.3, 0.4) is 0 Å². The molecule has 26 heavy (non-hydrogen) atoms. The number of carbonyl (C=O) groups excluding carboxylic acids is 2. The third-order valence-corrected chi connectivity index (χ3v) is 3.77. The highest BCUT2D eigenvalue weighted by molar-refractivity contribution is 5.74. The number of rotatable bonds is 10. The van der Waals surface area contributed by atoms with Crippen LogP contribution in [0.4, 0.5) is 9.59 Å². The van der Waals surface area contributed by atoms with Gasteiger partial charge in [0.05, 0.1) is 18.2 Å². The van der Waals surface area contributed by atoms with Gasteiger partial charge in [-0.25, -0.2) is 20.0 Å². The molecule has 1 unspecified atom stereocenters. The van der Waals surface area contributed by atoms with E-state index in [9.17, 15) is 9.59 Å². The van der Waals surface area contributed by atoms with Gasteiger partial charge < -0.3 is 9.47 Å². The molecule has 6 heteroatoms. The minimum Gasteiger partial charge on any atom is -0.446 e. The van der Waals surface area contributed by atoms with E-state index in [1.165, 1.54) is 5.01 Å². The number of ether oxygens (including phenoxy) is 2. The van der Waals surface area contributed by atoms with Crippen molar-refractivity contribution >= 4 is 12.2 Å². The molecule has 0 saturated carbocycles. The van der Waals surface area contributed by atoms with Gasteiger partial charge in [0, 0.05) is 0 Å². The van der Waals surface area contributed by atoms with E-state index in [1.807, 2.05) is 25.2 Å². The van der Waals surface area contributed by atoms with Gasteiger partial charge in [-0.05, 0) is 59.8 Å². The van der Waals surface area contributed by atoms with E-state index in [-0.39, 0.29) is 18.2 Å². The topological polar surface area (TPSA) is 67.9 Å². The molecule has 0 aromatic heterocycles. The molecular formula is C20H36N2O4. The minimum absolute atomic E-state index is 0.281. The summed E-state index contributed by atoms with van der Waals surface area (Å²) in [7, 11) is 0. The monoisotopic (exact) mass is 368 g/mol. The predicted octanol–water partition coefficient (Wildman–Crippen LogP) is 5.21. The molecule has 0 rings (SSSR count). The summed E-state index contributed by atoms with van der Waals surface area (Å²) in [6.45, 7) is 14.9. The summed E-state index contributed by atoms with van der Waals surface area (Å²) in [5, 5.41) is 1.22. The molecule has 150 valence electrons. The van der Waals surface area contributed by atoms with Crippen LogP contribution in [-0.2, 0) is 9.47 Å². The Morgan fingerprint density at radius 3 is 2.19 bits per heavy atom. The van der Waals surface area contributed by atoms with Crippen LogP contribution in [-0.4, -0.2) is 35.4 Å². The molecule has 0 bridgehead atoms. The highest BCUT2D eigenvalue weighted by Gasteiger charge is 2.26. The number of hydrazine groups is 1.